The van der Waals surface area contributed by atoms with Gasteiger partial charge in [-0.15, -0.1) is 0 Å². The number of carboxylic acid groups (broad SMARTS) is 1. The number of amides is 1. The lowest BCUT2D eigenvalue weighted by Gasteiger charge is -2.32. The summed E-state index contributed by atoms with van der Waals surface area (Å²) in [5, 5.41) is 11.7. The minimum Gasteiger partial charge on any atom is -0.493 e. The number of hydrogen-bond acceptors (Lipinski definition) is 4. The molecule has 1 aromatic carbocycles. The molecule has 114 valence electrons. The molecule has 1 saturated carbocycles. The Morgan fingerprint density at radius 3 is 2.24 bits per heavy atom. The van der Waals surface area contributed by atoms with Crippen molar-refractivity contribution in [1.82, 2.24) is 0 Å². The van der Waals surface area contributed by atoms with Crippen molar-refractivity contribution in [3.05, 3.63) is 16.6 Å². The molecule has 1 aromatic rings. The number of benzene rings is 1. The first kappa shape index (κ1) is 15.6. The van der Waals surface area contributed by atoms with Gasteiger partial charge in [-0.05, 0) is 28.8 Å². The van der Waals surface area contributed by atoms with Crippen LogP contribution >= 0.6 is 15.9 Å². The molecule has 0 aliphatic heterocycles. The Balaban J connectivity index is 2.16. The number of ether oxygens (including phenoxy) is 2. The van der Waals surface area contributed by atoms with Crippen LogP contribution in [0.2, 0.25) is 0 Å². The summed E-state index contributed by atoms with van der Waals surface area (Å²) in [4.78, 5) is 23.1. The predicted molar refractivity (Wildman–Crippen MR) is 79.7 cm³/mol. The van der Waals surface area contributed by atoms with Gasteiger partial charge in [0.2, 0.25) is 5.91 Å². The van der Waals surface area contributed by atoms with E-state index in [1.54, 1.807) is 12.1 Å². The number of carbonyl (C=O) groups excluding carboxylic acids is 1. The van der Waals surface area contributed by atoms with E-state index in [1.807, 2.05) is 0 Å². The van der Waals surface area contributed by atoms with Crippen LogP contribution in [0.25, 0.3) is 0 Å². The van der Waals surface area contributed by atoms with Crippen LogP contribution in [0.3, 0.4) is 0 Å². The first-order chi connectivity index (χ1) is 9.97. The van der Waals surface area contributed by atoms with Crippen LogP contribution in [0.15, 0.2) is 16.6 Å². The van der Waals surface area contributed by atoms with Gasteiger partial charge in [-0.25, -0.2) is 0 Å². The van der Waals surface area contributed by atoms with Crippen molar-refractivity contribution >= 4 is 33.5 Å². The normalized spacial score (nSPS) is 20.3. The molecule has 2 atom stereocenters. The van der Waals surface area contributed by atoms with Gasteiger partial charge < -0.3 is 19.9 Å². The molecule has 1 aliphatic carbocycles. The summed E-state index contributed by atoms with van der Waals surface area (Å²) in [6.07, 6.45) is 1.13. The minimum atomic E-state index is -0.923. The summed E-state index contributed by atoms with van der Waals surface area (Å²) in [6, 6.07) is 3.32. The molecule has 0 heterocycles. The Bertz CT molecular complexity index is 575. The van der Waals surface area contributed by atoms with E-state index in [-0.39, 0.29) is 5.91 Å². The lowest BCUT2D eigenvalue weighted by molar-refractivity contribution is -0.151. The molecular formula is C14H16BrNO5. The maximum atomic E-state index is 12.1. The second-order valence-electron chi connectivity index (χ2n) is 4.80. The van der Waals surface area contributed by atoms with E-state index < -0.39 is 17.8 Å². The number of carboxylic acids is 1. The van der Waals surface area contributed by atoms with Crippen molar-refractivity contribution in [3.8, 4) is 11.5 Å². The number of halogens is 1. The average molecular weight is 358 g/mol. The number of rotatable bonds is 5. The summed E-state index contributed by atoms with van der Waals surface area (Å²) < 4.78 is 11.0. The molecule has 0 spiro atoms. The van der Waals surface area contributed by atoms with E-state index >= 15 is 0 Å². The third kappa shape index (κ3) is 3.12. The highest BCUT2D eigenvalue weighted by Crippen LogP contribution is 2.39. The largest absolute Gasteiger partial charge is 0.493 e. The molecule has 6 nitrogen and oxygen atoms in total. The SMILES string of the molecule is COc1cc(Br)c(NC(=O)C2CCC2C(=O)O)cc1OC. The summed E-state index contributed by atoms with van der Waals surface area (Å²) >= 11 is 3.35. The van der Waals surface area contributed by atoms with Gasteiger partial charge in [-0.2, -0.15) is 0 Å². The van der Waals surface area contributed by atoms with Crippen LogP contribution in [0.4, 0.5) is 5.69 Å². The zero-order chi connectivity index (χ0) is 15.6. The second-order valence-corrected chi connectivity index (χ2v) is 5.66. The molecule has 0 radical (unpaired) electrons. The zero-order valence-corrected chi connectivity index (χ0v) is 13.3. The molecule has 21 heavy (non-hydrogen) atoms. The topological polar surface area (TPSA) is 84.9 Å². The fourth-order valence-corrected chi connectivity index (χ4v) is 2.71. The van der Waals surface area contributed by atoms with Crippen molar-refractivity contribution < 1.29 is 24.2 Å². The van der Waals surface area contributed by atoms with Crippen molar-refractivity contribution in [2.45, 2.75) is 12.8 Å². The molecule has 0 bridgehead atoms. The van der Waals surface area contributed by atoms with Crippen LogP contribution in [0, 0.1) is 11.8 Å². The lowest BCUT2D eigenvalue weighted by Crippen LogP contribution is -2.41. The van der Waals surface area contributed by atoms with E-state index in [0.29, 0.717) is 34.5 Å². The molecule has 7 heteroatoms. The van der Waals surface area contributed by atoms with Gasteiger partial charge >= 0.3 is 5.97 Å². The quantitative estimate of drug-likeness (QED) is 0.845. The lowest BCUT2D eigenvalue weighted by atomic mass is 9.73. The molecule has 0 saturated heterocycles. The molecule has 2 N–H and O–H groups in total. The van der Waals surface area contributed by atoms with E-state index in [0.717, 1.165) is 0 Å². The van der Waals surface area contributed by atoms with Crippen molar-refractivity contribution in [3.63, 3.8) is 0 Å². The van der Waals surface area contributed by atoms with Gasteiger partial charge in [0.1, 0.15) is 0 Å². The van der Waals surface area contributed by atoms with Gasteiger partial charge in [-0.3, -0.25) is 9.59 Å². The fraction of sp³-hybridized carbons (Fsp3) is 0.429. The maximum absolute atomic E-state index is 12.1. The molecule has 0 aromatic heterocycles. The molecule has 1 fully saturated rings. The standard InChI is InChI=1S/C14H16BrNO5/c1-20-11-5-9(15)10(6-12(11)21-2)16-13(17)7-3-4-8(7)14(18)19/h5-8H,3-4H2,1-2H3,(H,16,17)(H,18,19). The fourth-order valence-electron chi connectivity index (χ4n) is 2.28. The highest BCUT2D eigenvalue weighted by atomic mass is 79.9. The summed E-state index contributed by atoms with van der Waals surface area (Å²) in [5.41, 5.74) is 0.522. The van der Waals surface area contributed by atoms with Gasteiger partial charge in [0.25, 0.3) is 0 Å². The van der Waals surface area contributed by atoms with E-state index in [4.69, 9.17) is 14.6 Å². The van der Waals surface area contributed by atoms with Crippen LogP contribution in [-0.4, -0.2) is 31.2 Å². The number of nitrogens with one attached hydrogen (secondary N) is 1. The van der Waals surface area contributed by atoms with Crippen LogP contribution in [0.1, 0.15) is 12.8 Å². The number of methoxy groups -OCH3 is 2. The van der Waals surface area contributed by atoms with Gasteiger partial charge in [0.05, 0.1) is 31.7 Å². The highest BCUT2D eigenvalue weighted by molar-refractivity contribution is 9.10. The smallest absolute Gasteiger partial charge is 0.307 e. The van der Waals surface area contributed by atoms with Crippen LogP contribution in [-0.2, 0) is 9.59 Å². The summed E-state index contributed by atoms with van der Waals surface area (Å²) in [7, 11) is 3.03. The van der Waals surface area contributed by atoms with Crippen molar-refractivity contribution in [2.75, 3.05) is 19.5 Å². The minimum absolute atomic E-state index is 0.290. The molecule has 2 unspecified atom stereocenters. The summed E-state index contributed by atoms with van der Waals surface area (Å²) in [6.45, 7) is 0. The first-order valence-electron chi connectivity index (χ1n) is 6.43. The Morgan fingerprint density at radius 1 is 1.19 bits per heavy atom. The second kappa shape index (κ2) is 6.34. The third-order valence-electron chi connectivity index (χ3n) is 3.66. The van der Waals surface area contributed by atoms with Gasteiger partial charge in [0, 0.05) is 16.6 Å². The number of aliphatic carboxylic acids is 1. The van der Waals surface area contributed by atoms with Gasteiger partial charge in [0.15, 0.2) is 11.5 Å². The highest BCUT2D eigenvalue weighted by Gasteiger charge is 2.41. The van der Waals surface area contributed by atoms with E-state index in [1.165, 1.54) is 14.2 Å². The Labute approximate surface area is 130 Å². The molecule has 2 rings (SSSR count). The molecule has 1 amide bonds. The third-order valence-corrected chi connectivity index (χ3v) is 4.32. The number of hydrogen-bond donors (Lipinski definition) is 2. The number of anilines is 1. The summed E-state index contributed by atoms with van der Waals surface area (Å²) in [5.74, 6) is -1.27. The van der Waals surface area contributed by atoms with Crippen LogP contribution in [0.5, 0.6) is 11.5 Å². The Kier molecular flexibility index (Phi) is 4.72. The maximum Gasteiger partial charge on any atom is 0.307 e. The van der Waals surface area contributed by atoms with Crippen molar-refractivity contribution in [1.29, 1.82) is 0 Å². The van der Waals surface area contributed by atoms with Gasteiger partial charge in [-0.1, -0.05) is 0 Å². The number of carbonyl (C=O) groups is 2. The van der Waals surface area contributed by atoms with Crippen molar-refractivity contribution in [2.24, 2.45) is 11.8 Å². The molecular weight excluding hydrogens is 342 g/mol. The first-order valence-corrected chi connectivity index (χ1v) is 7.22. The molecule has 1 aliphatic rings. The Hall–Kier alpha value is -1.76. The average Bonchev–Trinajstić information content (AvgIpc) is 2.38. The predicted octanol–water partition coefficient (Wildman–Crippen LogP) is 2.52. The monoisotopic (exact) mass is 357 g/mol. The Morgan fingerprint density at radius 2 is 1.76 bits per heavy atom. The van der Waals surface area contributed by atoms with E-state index in [9.17, 15) is 9.59 Å². The van der Waals surface area contributed by atoms with Crippen LogP contribution < -0.4 is 14.8 Å². The van der Waals surface area contributed by atoms with E-state index in [2.05, 4.69) is 21.2 Å². The zero-order valence-electron chi connectivity index (χ0n) is 11.7.